The van der Waals surface area contributed by atoms with E-state index in [4.69, 9.17) is 4.74 Å². The first-order valence-corrected chi connectivity index (χ1v) is 5.11. The molecular weight excluding hydrogens is 231 g/mol. The van der Waals surface area contributed by atoms with Crippen LogP contribution in [0.4, 0.5) is 13.2 Å². The van der Waals surface area contributed by atoms with Crippen LogP contribution in [0.5, 0.6) is 5.88 Å². The number of hydrogen-bond acceptors (Lipinski definition) is 2. The summed E-state index contributed by atoms with van der Waals surface area (Å²) in [7, 11) is 0. The molecule has 0 N–H and O–H groups in total. The molecule has 0 aliphatic heterocycles. The molecule has 90 valence electrons. The Morgan fingerprint density at radius 1 is 1.18 bits per heavy atom. The van der Waals surface area contributed by atoms with E-state index in [0.29, 0.717) is 23.4 Å². The monoisotopic (exact) mass is 241 g/mol. The fourth-order valence-corrected chi connectivity index (χ4v) is 1.51. The van der Waals surface area contributed by atoms with Crippen LogP contribution in [-0.4, -0.2) is 11.6 Å². The molecule has 0 bridgehead atoms. The first-order chi connectivity index (χ1) is 8.00. The van der Waals surface area contributed by atoms with Gasteiger partial charge in [0.15, 0.2) is 0 Å². The van der Waals surface area contributed by atoms with Crippen molar-refractivity contribution in [1.82, 2.24) is 4.98 Å². The Labute approximate surface area is 96.0 Å². The number of halogens is 3. The highest BCUT2D eigenvalue weighted by atomic mass is 19.4. The van der Waals surface area contributed by atoms with Gasteiger partial charge in [0.05, 0.1) is 17.7 Å². The predicted octanol–water partition coefficient (Wildman–Crippen LogP) is 3.65. The van der Waals surface area contributed by atoms with Gasteiger partial charge in [-0.25, -0.2) is 4.98 Å². The zero-order valence-corrected chi connectivity index (χ0v) is 9.08. The van der Waals surface area contributed by atoms with Gasteiger partial charge in [0.1, 0.15) is 0 Å². The maximum Gasteiger partial charge on any atom is 0.416 e. The Morgan fingerprint density at radius 2 is 1.94 bits per heavy atom. The van der Waals surface area contributed by atoms with E-state index in [9.17, 15) is 13.2 Å². The molecule has 5 heteroatoms. The Morgan fingerprint density at radius 3 is 2.59 bits per heavy atom. The molecule has 1 aromatic heterocycles. The number of alkyl halides is 3. The summed E-state index contributed by atoms with van der Waals surface area (Å²) in [5.41, 5.74) is -0.181. The van der Waals surface area contributed by atoms with Crippen molar-refractivity contribution in [3.8, 4) is 5.88 Å². The van der Waals surface area contributed by atoms with Crippen LogP contribution in [0.15, 0.2) is 30.3 Å². The van der Waals surface area contributed by atoms with Crippen molar-refractivity contribution in [1.29, 1.82) is 0 Å². The molecule has 0 radical (unpaired) electrons. The third-order valence-corrected chi connectivity index (χ3v) is 2.28. The number of benzene rings is 1. The van der Waals surface area contributed by atoms with Gasteiger partial charge in [-0.15, -0.1) is 0 Å². The normalized spacial score (nSPS) is 11.8. The summed E-state index contributed by atoms with van der Waals surface area (Å²) in [6.45, 7) is 2.29. The molecular formula is C12H10F3NO. The molecule has 1 aromatic carbocycles. The number of ether oxygens (including phenoxy) is 1. The molecule has 17 heavy (non-hydrogen) atoms. The summed E-state index contributed by atoms with van der Waals surface area (Å²) in [5.74, 6) is 0.416. The van der Waals surface area contributed by atoms with Gasteiger partial charge in [0.2, 0.25) is 5.88 Å². The van der Waals surface area contributed by atoms with Crippen molar-refractivity contribution in [2.24, 2.45) is 0 Å². The fraction of sp³-hybridized carbons (Fsp3) is 0.250. The standard InChI is InChI=1S/C12H10F3NO/c1-2-17-11-6-3-8-7-9(12(13,14)15)4-5-10(8)16-11/h3-7H,2H2,1H3. The van der Waals surface area contributed by atoms with Gasteiger partial charge in [0.25, 0.3) is 0 Å². The van der Waals surface area contributed by atoms with Crippen molar-refractivity contribution < 1.29 is 17.9 Å². The molecule has 0 unspecified atom stereocenters. The fourth-order valence-electron chi connectivity index (χ4n) is 1.51. The van der Waals surface area contributed by atoms with Crippen LogP contribution in [-0.2, 0) is 6.18 Å². The van der Waals surface area contributed by atoms with Gasteiger partial charge in [-0.1, -0.05) is 0 Å². The average molecular weight is 241 g/mol. The van der Waals surface area contributed by atoms with Gasteiger partial charge in [-0.2, -0.15) is 13.2 Å². The van der Waals surface area contributed by atoms with Crippen LogP contribution in [0.25, 0.3) is 10.9 Å². The maximum atomic E-state index is 12.5. The van der Waals surface area contributed by atoms with Gasteiger partial charge < -0.3 is 4.74 Å². The lowest BCUT2D eigenvalue weighted by molar-refractivity contribution is -0.137. The second-order valence-corrected chi connectivity index (χ2v) is 3.49. The number of rotatable bonds is 2. The third-order valence-electron chi connectivity index (χ3n) is 2.28. The van der Waals surface area contributed by atoms with Crippen LogP contribution in [0.2, 0.25) is 0 Å². The van der Waals surface area contributed by atoms with Crippen LogP contribution in [0, 0.1) is 0 Å². The zero-order chi connectivity index (χ0) is 12.5. The van der Waals surface area contributed by atoms with E-state index in [0.717, 1.165) is 12.1 Å². The number of aromatic nitrogens is 1. The lowest BCUT2D eigenvalue weighted by atomic mass is 10.1. The molecule has 2 nitrogen and oxygen atoms in total. The molecule has 2 rings (SSSR count). The van der Waals surface area contributed by atoms with Crippen molar-refractivity contribution in [3.63, 3.8) is 0 Å². The van der Waals surface area contributed by atoms with Gasteiger partial charge in [0, 0.05) is 11.5 Å². The highest BCUT2D eigenvalue weighted by molar-refractivity contribution is 5.79. The lowest BCUT2D eigenvalue weighted by Gasteiger charge is -2.08. The summed E-state index contributed by atoms with van der Waals surface area (Å²) < 4.78 is 42.6. The smallest absolute Gasteiger partial charge is 0.416 e. The lowest BCUT2D eigenvalue weighted by Crippen LogP contribution is -2.04. The van der Waals surface area contributed by atoms with E-state index in [2.05, 4.69) is 4.98 Å². The van der Waals surface area contributed by atoms with Crippen molar-refractivity contribution in [2.45, 2.75) is 13.1 Å². The Kier molecular flexibility index (Phi) is 2.92. The molecule has 0 aliphatic rings. The maximum absolute atomic E-state index is 12.5. The molecule has 0 saturated carbocycles. The Bertz CT molecular complexity index is 537. The largest absolute Gasteiger partial charge is 0.478 e. The van der Waals surface area contributed by atoms with Gasteiger partial charge in [-0.3, -0.25) is 0 Å². The summed E-state index contributed by atoms with van der Waals surface area (Å²) in [4.78, 5) is 4.10. The molecule has 0 spiro atoms. The SMILES string of the molecule is CCOc1ccc2cc(C(F)(F)F)ccc2n1. The third kappa shape index (κ3) is 2.49. The van der Waals surface area contributed by atoms with E-state index in [-0.39, 0.29) is 0 Å². The van der Waals surface area contributed by atoms with E-state index in [1.165, 1.54) is 6.07 Å². The molecule has 0 saturated heterocycles. The highest BCUT2D eigenvalue weighted by Crippen LogP contribution is 2.31. The van der Waals surface area contributed by atoms with Crippen molar-refractivity contribution in [3.05, 3.63) is 35.9 Å². The van der Waals surface area contributed by atoms with Crippen molar-refractivity contribution in [2.75, 3.05) is 6.61 Å². The molecule has 0 amide bonds. The summed E-state index contributed by atoms with van der Waals surface area (Å²) in [5, 5.41) is 0.447. The summed E-state index contributed by atoms with van der Waals surface area (Å²) >= 11 is 0. The van der Waals surface area contributed by atoms with E-state index in [1.54, 1.807) is 12.1 Å². The average Bonchev–Trinajstić information content (AvgIpc) is 2.27. The molecule has 0 aliphatic carbocycles. The van der Waals surface area contributed by atoms with Gasteiger partial charge in [-0.05, 0) is 31.2 Å². The Hall–Kier alpha value is -1.78. The first-order valence-electron chi connectivity index (χ1n) is 5.11. The number of pyridine rings is 1. The minimum absolute atomic E-state index is 0.416. The van der Waals surface area contributed by atoms with Crippen LogP contribution < -0.4 is 4.74 Å². The number of hydrogen-bond donors (Lipinski definition) is 0. The predicted molar refractivity (Wildman–Crippen MR) is 57.9 cm³/mol. The van der Waals surface area contributed by atoms with Crippen molar-refractivity contribution >= 4 is 10.9 Å². The van der Waals surface area contributed by atoms with Crippen LogP contribution in [0.3, 0.4) is 0 Å². The van der Waals surface area contributed by atoms with Crippen LogP contribution >= 0.6 is 0 Å². The summed E-state index contributed by atoms with van der Waals surface area (Å²) in [6.07, 6.45) is -4.33. The van der Waals surface area contributed by atoms with Crippen LogP contribution in [0.1, 0.15) is 12.5 Å². The molecule has 1 heterocycles. The zero-order valence-electron chi connectivity index (χ0n) is 9.08. The quantitative estimate of drug-likeness (QED) is 0.800. The molecule has 0 atom stereocenters. The van der Waals surface area contributed by atoms with Gasteiger partial charge >= 0.3 is 6.18 Å². The number of nitrogens with zero attached hydrogens (tertiary/aromatic N) is 1. The molecule has 0 fully saturated rings. The van der Waals surface area contributed by atoms with E-state index < -0.39 is 11.7 Å². The Balaban J connectivity index is 2.47. The van der Waals surface area contributed by atoms with E-state index in [1.807, 2.05) is 6.92 Å². The first kappa shape index (κ1) is 11.7. The minimum Gasteiger partial charge on any atom is -0.478 e. The highest BCUT2D eigenvalue weighted by Gasteiger charge is 2.30. The minimum atomic E-state index is -4.33. The second-order valence-electron chi connectivity index (χ2n) is 3.49. The molecule has 2 aromatic rings. The number of fused-ring (bicyclic) bond motifs is 1. The second kappa shape index (κ2) is 4.24. The topological polar surface area (TPSA) is 22.1 Å². The van der Waals surface area contributed by atoms with E-state index >= 15 is 0 Å². The summed E-state index contributed by atoms with van der Waals surface area (Å²) in [6, 6.07) is 6.58.